The summed E-state index contributed by atoms with van der Waals surface area (Å²) in [4.78, 5) is 12.1. The molecule has 0 aromatic heterocycles. The Labute approximate surface area is 190 Å². The fraction of sp³-hybridized carbons (Fsp3) is 0.200. The molecule has 32 heavy (non-hydrogen) atoms. The minimum absolute atomic E-state index is 0.00553. The van der Waals surface area contributed by atoms with Gasteiger partial charge in [-0.05, 0) is 29.8 Å². The number of rotatable bonds is 9. The van der Waals surface area contributed by atoms with Crippen LogP contribution in [0, 0.1) is 17.1 Å². The van der Waals surface area contributed by atoms with Crippen molar-refractivity contribution in [2.75, 3.05) is 27.4 Å². The van der Waals surface area contributed by atoms with Crippen molar-refractivity contribution >= 4 is 17.9 Å². The van der Waals surface area contributed by atoms with Gasteiger partial charge in [0.25, 0.3) is 0 Å². The van der Waals surface area contributed by atoms with E-state index < -0.39 is 11.7 Å². The van der Waals surface area contributed by atoms with Crippen molar-refractivity contribution in [2.45, 2.75) is 5.92 Å². The second-order valence-electron chi connectivity index (χ2n) is 6.85. The molecule has 0 heterocycles. The molecular weight excluding hydrogens is 433 g/mol. The predicted molar refractivity (Wildman–Crippen MR) is 120 cm³/mol. The Kier molecular flexibility index (Phi) is 7.82. The van der Waals surface area contributed by atoms with Gasteiger partial charge in [-0.1, -0.05) is 41.9 Å². The highest BCUT2D eigenvalue weighted by atomic mass is 35.5. The summed E-state index contributed by atoms with van der Waals surface area (Å²) in [7, 11) is 2.98. The second kappa shape index (κ2) is 10.8. The van der Waals surface area contributed by atoms with E-state index in [1.54, 1.807) is 6.07 Å². The lowest BCUT2D eigenvalue weighted by atomic mass is 9.88. The van der Waals surface area contributed by atoms with Gasteiger partial charge in [0.15, 0.2) is 11.6 Å². The van der Waals surface area contributed by atoms with E-state index in [0.29, 0.717) is 11.3 Å². The van der Waals surface area contributed by atoms with E-state index in [1.807, 2.05) is 36.4 Å². The van der Waals surface area contributed by atoms with Crippen LogP contribution in [0.5, 0.6) is 11.5 Å². The Bertz CT molecular complexity index is 1140. The molecule has 1 atom stereocenters. The number of methoxy groups -OCH3 is 2. The van der Waals surface area contributed by atoms with E-state index in [1.165, 1.54) is 32.4 Å². The van der Waals surface area contributed by atoms with Crippen LogP contribution in [0.4, 0.5) is 4.39 Å². The van der Waals surface area contributed by atoms with Crippen LogP contribution >= 0.6 is 11.6 Å². The zero-order valence-corrected chi connectivity index (χ0v) is 18.4. The molecule has 164 valence electrons. The van der Waals surface area contributed by atoms with Gasteiger partial charge in [-0.3, -0.25) is 0 Å². The van der Waals surface area contributed by atoms with Gasteiger partial charge in [-0.25, -0.2) is 4.39 Å². The number of halogens is 2. The third-order valence-electron chi connectivity index (χ3n) is 4.99. The number of aldehydes is 1. The van der Waals surface area contributed by atoms with Crippen molar-refractivity contribution in [3.63, 3.8) is 0 Å². The first-order chi connectivity index (χ1) is 15.5. The van der Waals surface area contributed by atoms with Gasteiger partial charge in [0, 0.05) is 23.8 Å². The smallest absolute Gasteiger partial charge is 0.174 e. The number of nitriles is 1. The fourth-order valence-corrected chi connectivity index (χ4v) is 3.68. The van der Waals surface area contributed by atoms with Crippen molar-refractivity contribution in [2.24, 2.45) is 0 Å². The van der Waals surface area contributed by atoms with E-state index in [2.05, 4.69) is 0 Å². The highest BCUT2D eigenvalue weighted by Crippen LogP contribution is 2.42. The average molecular weight is 454 g/mol. The second-order valence-corrected chi connectivity index (χ2v) is 7.26. The summed E-state index contributed by atoms with van der Waals surface area (Å²) in [6.45, 7) is 0.419. The van der Waals surface area contributed by atoms with Crippen LogP contribution in [-0.2, 0) is 9.53 Å². The highest BCUT2D eigenvalue weighted by molar-refractivity contribution is 6.33. The molecule has 3 aromatic carbocycles. The number of ether oxygens (including phenoxy) is 3. The molecular formula is C25H21ClFNO4. The molecule has 0 N–H and O–H groups in total. The first-order valence-electron chi connectivity index (χ1n) is 9.78. The predicted octanol–water partition coefficient (Wildman–Crippen LogP) is 5.38. The van der Waals surface area contributed by atoms with E-state index in [9.17, 15) is 10.1 Å². The summed E-state index contributed by atoms with van der Waals surface area (Å²) in [5.74, 6) is -1.04. The van der Waals surface area contributed by atoms with Gasteiger partial charge in [0.05, 0.1) is 36.3 Å². The van der Waals surface area contributed by atoms with Crippen LogP contribution in [0.25, 0.3) is 11.1 Å². The number of hydrogen-bond acceptors (Lipinski definition) is 5. The molecule has 0 fully saturated rings. The summed E-state index contributed by atoms with van der Waals surface area (Å²) in [5.41, 5.74) is 1.58. The van der Waals surface area contributed by atoms with E-state index in [-0.39, 0.29) is 40.7 Å². The number of carbonyl (C=O) groups is 1. The number of nitrogens with zero attached hydrogens (tertiary/aromatic N) is 1. The number of hydrogen-bond donors (Lipinski definition) is 0. The number of benzene rings is 3. The van der Waals surface area contributed by atoms with Crippen LogP contribution in [0.2, 0.25) is 5.02 Å². The standard InChI is InChI=1S/C25H21ClFNO4/c1-30-10-11-32-22-9-8-17(14-28)24(25(22)27)19-12-18(23(31-2)13-21(19)26)20(15-29)16-6-4-3-5-7-16/h3-9,12-13,15,20H,10-11H2,1-2H3. The Morgan fingerprint density at radius 3 is 2.47 bits per heavy atom. The van der Waals surface area contributed by atoms with Crippen LogP contribution in [0.3, 0.4) is 0 Å². The summed E-state index contributed by atoms with van der Waals surface area (Å²) in [6, 6.07) is 17.1. The highest BCUT2D eigenvalue weighted by Gasteiger charge is 2.24. The molecule has 7 heteroatoms. The fourth-order valence-electron chi connectivity index (χ4n) is 3.43. The van der Waals surface area contributed by atoms with Crippen molar-refractivity contribution in [3.05, 3.63) is 82.1 Å². The van der Waals surface area contributed by atoms with E-state index >= 15 is 4.39 Å². The van der Waals surface area contributed by atoms with Crippen molar-refractivity contribution < 1.29 is 23.4 Å². The minimum atomic E-state index is -0.722. The normalized spacial score (nSPS) is 11.5. The Morgan fingerprint density at radius 2 is 1.84 bits per heavy atom. The lowest BCUT2D eigenvalue weighted by Gasteiger charge is -2.19. The molecule has 1 unspecified atom stereocenters. The van der Waals surface area contributed by atoms with Crippen LogP contribution in [-0.4, -0.2) is 33.7 Å². The third kappa shape index (κ3) is 4.75. The summed E-state index contributed by atoms with van der Waals surface area (Å²) in [5, 5.41) is 9.78. The van der Waals surface area contributed by atoms with Crippen molar-refractivity contribution in [3.8, 4) is 28.7 Å². The maximum Gasteiger partial charge on any atom is 0.174 e. The zero-order valence-electron chi connectivity index (χ0n) is 17.6. The summed E-state index contributed by atoms with van der Waals surface area (Å²) in [6.07, 6.45) is 0.788. The molecule has 0 saturated carbocycles. The van der Waals surface area contributed by atoms with Crippen LogP contribution in [0.1, 0.15) is 22.6 Å². The largest absolute Gasteiger partial charge is 0.496 e. The SMILES string of the molecule is COCCOc1ccc(C#N)c(-c2cc(C(C=O)c3ccccc3)c(OC)cc2Cl)c1F. The van der Waals surface area contributed by atoms with Crippen LogP contribution < -0.4 is 9.47 Å². The quantitative estimate of drug-likeness (QED) is 0.321. The van der Waals surface area contributed by atoms with Gasteiger partial charge in [0.2, 0.25) is 0 Å². The minimum Gasteiger partial charge on any atom is -0.496 e. The topological polar surface area (TPSA) is 68.5 Å². The van der Waals surface area contributed by atoms with Gasteiger partial charge in [-0.15, -0.1) is 0 Å². The molecule has 0 aliphatic rings. The maximum absolute atomic E-state index is 15.5. The van der Waals surface area contributed by atoms with Gasteiger partial charge >= 0.3 is 0 Å². The molecule has 0 amide bonds. The molecule has 0 bridgehead atoms. The lowest BCUT2D eigenvalue weighted by Crippen LogP contribution is -2.07. The molecule has 0 spiro atoms. The maximum atomic E-state index is 15.5. The molecule has 3 aromatic rings. The first kappa shape index (κ1) is 23.3. The summed E-state index contributed by atoms with van der Waals surface area (Å²) >= 11 is 6.48. The molecule has 0 radical (unpaired) electrons. The molecule has 5 nitrogen and oxygen atoms in total. The summed E-state index contributed by atoms with van der Waals surface area (Å²) < 4.78 is 31.3. The Morgan fingerprint density at radius 1 is 1.09 bits per heavy atom. The first-order valence-corrected chi connectivity index (χ1v) is 10.2. The van der Waals surface area contributed by atoms with E-state index in [4.69, 9.17) is 25.8 Å². The van der Waals surface area contributed by atoms with Crippen molar-refractivity contribution in [1.29, 1.82) is 5.26 Å². The average Bonchev–Trinajstić information content (AvgIpc) is 2.82. The monoisotopic (exact) mass is 453 g/mol. The van der Waals surface area contributed by atoms with Crippen molar-refractivity contribution in [1.82, 2.24) is 0 Å². The van der Waals surface area contributed by atoms with Gasteiger partial charge in [0.1, 0.15) is 18.6 Å². The lowest BCUT2D eigenvalue weighted by molar-refractivity contribution is -0.108. The van der Waals surface area contributed by atoms with Crippen LogP contribution in [0.15, 0.2) is 54.6 Å². The third-order valence-corrected chi connectivity index (χ3v) is 5.30. The van der Waals surface area contributed by atoms with E-state index in [0.717, 1.165) is 11.8 Å². The molecule has 0 aliphatic heterocycles. The molecule has 3 rings (SSSR count). The number of carbonyl (C=O) groups excluding carboxylic acids is 1. The zero-order chi connectivity index (χ0) is 23.1. The Hall–Kier alpha value is -3.40. The van der Waals surface area contributed by atoms with Gasteiger partial charge in [-0.2, -0.15) is 5.26 Å². The molecule has 0 saturated heterocycles. The van der Waals surface area contributed by atoms with Gasteiger partial charge < -0.3 is 19.0 Å². The Balaban J connectivity index is 2.21. The molecule has 0 aliphatic carbocycles.